The fourth-order valence-corrected chi connectivity index (χ4v) is 0.947. The fraction of sp³-hybridized carbons (Fsp3) is 0.273. The number of hydrogen-bond donors (Lipinski definition) is 0. The van der Waals surface area contributed by atoms with Crippen LogP contribution in [0.15, 0.2) is 30.3 Å². The highest BCUT2D eigenvalue weighted by Gasteiger charge is 2.14. The Morgan fingerprint density at radius 3 is 2.57 bits per heavy atom. The summed E-state index contributed by atoms with van der Waals surface area (Å²) in [6.45, 7) is 4.83. The van der Waals surface area contributed by atoms with Crippen LogP contribution >= 0.6 is 0 Å². The zero-order chi connectivity index (χ0) is 10.4. The highest BCUT2D eigenvalue weighted by Crippen LogP contribution is 2.10. The van der Waals surface area contributed by atoms with Crippen LogP contribution in [0.1, 0.15) is 13.8 Å². The van der Waals surface area contributed by atoms with Gasteiger partial charge < -0.3 is 9.47 Å². The number of carbonyl (C=O) groups is 1. The molecule has 0 N–H and O–H groups in total. The number of hydrogen-bond acceptors (Lipinski definition) is 3. The standard InChI is InChI=1S/C11H13O3/c1-3-13-9(2)11(12)14-10-7-5-4-6-8-10/h3-9H,1-2H3. The van der Waals surface area contributed by atoms with Crippen LogP contribution in [0, 0.1) is 6.61 Å². The maximum absolute atomic E-state index is 11.3. The number of para-hydroxylation sites is 1. The molecule has 1 aromatic rings. The lowest BCUT2D eigenvalue weighted by Gasteiger charge is -2.10. The van der Waals surface area contributed by atoms with E-state index in [0.29, 0.717) is 5.75 Å². The smallest absolute Gasteiger partial charge is 0.340 e. The summed E-state index contributed by atoms with van der Waals surface area (Å²) in [6.07, 6.45) is -0.569. The molecule has 75 valence electrons. The van der Waals surface area contributed by atoms with Crippen molar-refractivity contribution in [3.63, 3.8) is 0 Å². The highest BCUT2D eigenvalue weighted by atomic mass is 16.6. The van der Waals surface area contributed by atoms with E-state index in [4.69, 9.17) is 9.47 Å². The molecule has 0 amide bonds. The molecule has 1 aromatic carbocycles. The average Bonchev–Trinajstić information content (AvgIpc) is 2.19. The fourth-order valence-electron chi connectivity index (χ4n) is 0.947. The molecular formula is C11H13O3. The molecule has 0 aliphatic heterocycles. The first-order valence-electron chi connectivity index (χ1n) is 4.44. The first-order chi connectivity index (χ1) is 6.74. The molecule has 1 radical (unpaired) electrons. The molecule has 0 aromatic heterocycles. The van der Waals surface area contributed by atoms with Crippen molar-refractivity contribution in [3.8, 4) is 5.75 Å². The minimum absolute atomic E-state index is 0.394. The monoisotopic (exact) mass is 193 g/mol. The van der Waals surface area contributed by atoms with Gasteiger partial charge in [-0.25, -0.2) is 4.79 Å². The minimum atomic E-state index is -0.569. The van der Waals surface area contributed by atoms with Gasteiger partial charge in [0.2, 0.25) is 0 Å². The zero-order valence-electron chi connectivity index (χ0n) is 8.27. The van der Waals surface area contributed by atoms with Crippen LogP contribution in [-0.2, 0) is 9.53 Å². The molecule has 0 aliphatic carbocycles. The summed E-state index contributed by atoms with van der Waals surface area (Å²) >= 11 is 0. The predicted octanol–water partition coefficient (Wildman–Crippen LogP) is 2.18. The van der Waals surface area contributed by atoms with E-state index in [1.807, 2.05) is 6.07 Å². The summed E-state index contributed by atoms with van der Waals surface area (Å²) in [6, 6.07) is 8.91. The van der Waals surface area contributed by atoms with Crippen LogP contribution < -0.4 is 4.74 Å². The normalized spacial score (nSPS) is 12.1. The van der Waals surface area contributed by atoms with E-state index in [0.717, 1.165) is 0 Å². The lowest BCUT2D eigenvalue weighted by atomic mass is 10.3. The van der Waals surface area contributed by atoms with Crippen LogP contribution in [0.2, 0.25) is 0 Å². The summed E-state index contributed by atoms with van der Waals surface area (Å²) in [7, 11) is 0. The van der Waals surface area contributed by atoms with Gasteiger partial charge in [0.15, 0.2) is 6.10 Å². The van der Waals surface area contributed by atoms with Gasteiger partial charge in [0.05, 0.1) is 6.61 Å². The second-order valence-electron chi connectivity index (χ2n) is 2.75. The average molecular weight is 193 g/mol. The molecule has 0 saturated heterocycles. The van der Waals surface area contributed by atoms with Gasteiger partial charge in [-0.3, -0.25) is 0 Å². The molecule has 0 bridgehead atoms. The Morgan fingerprint density at radius 1 is 1.36 bits per heavy atom. The van der Waals surface area contributed by atoms with E-state index in [1.54, 1.807) is 38.1 Å². The summed E-state index contributed by atoms with van der Waals surface area (Å²) in [5.41, 5.74) is 0. The Bertz CT molecular complexity index is 282. The van der Waals surface area contributed by atoms with Gasteiger partial charge in [0.25, 0.3) is 0 Å². The van der Waals surface area contributed by atoms with Crippen LogP contribution in [0.25, 0.3) is 0 Å². The molecular weight excluding hydrogens is 180 g/mol. The molecule has 0 aliphatic rings. The van der Waals surface area contributed by atoms with Crippen molar-refractivity contribution in [1.29, 1.82) is 0 Å². The van der Waals surface area contributed by atoms with Gasteiger partial charge in [0.1, 0.15) is 5.75 Å². The molecule has 1 rings (SSSR count). The van der Waals surface area contributed by atoms with E-state index in [1.165, 1.54) is 6.61 Å². The first kappa shape index (κ1) is 10.7. The SMILES string of the molecule is C[CH]OC(C)C(=O)Oc1ccccc1. The van der Waals surface area contributed by atoms with Gasteiger partial charge in [0, 0.05) is 0 Å². The number of ether oxygens (including phenoxy) is 2. The number of rotatable bonds is 4. The Hall–Kier alpha value is -1.35. The van der Waals surface area contributed by atoms with E-state index in [-0.39, 0.29) is 0 Å². The molecule has 3 heteroatoms. The maximum Gasteiger partial charge on any atom is 0.340 e. The van der Waals surface area contributed by atoms with Gasteiger partial charge in [-0.1, -0.05) is 18.2 Å². The molecule has 0 saturated carbocycles. The molecule has 3 nitrogen and oxygen atoms in total. The Labute approximate surface area is 83.6 Å². The molecule has 1 unspecified atom stereocenters. The molecule has 0 fully saturated rings. The predicted molar refractivity (Wildman–Crippen MR) is 52.6 cm³/mol. The van der Waals surface area contributed by atoms with Crippen molar-refractivity contribution < 1.29 is 14.3 Å². The molecule has 0 heterocycles. The quantitative estimate of drug-likeness (QED) is 0.543. The van der Waals surface area contributed by atoms with Crippen LogP contribution in [0.3, 0.4) is 0 Å². The number of esters is 1. The zero-order valence-corrected chi connectivity index (χ0v) is 8.27. The lowest BCUT2D eigenvalue weighted by molar-refractivity contribution is -0.144. The van der Waals surface area contributed by atoms with Crippen LogP contribution in [0.5, 0.6) is 5.75 Å². The Morgan fingerprint density at radius 2 is 2.00 bits per heavy atom. The third-order valence-electron chi connectivity index (χ3n) is 1.63. The summed E-state index contributed by atoms with van der Waals surface area (Å²) in [5.74, 6) is 0.137. The maximum atomic E-state index is 11.3. The number of carbonyl (C=O) groups excluding carboxylic acids is 1. The van der Waals surface area contributed by atoms with Crippen molar-refractivity contribution in [2.75, 3.05) is 0 Å². The van der Waals surface area contributed by atoms with Crippen LogP contribution in [-0.4, -0.2) is 12.1 Å². The van der Waals surface area contributed by atoms with Crippen molar-refractivity contribution >= 4 is 5.97 Å². The highest BCUT2D eigenvalue weighted by molar-refractivity contribution is 5.76. The van der Waals surface area contributed by atoms with Crippen molar-refractivity contribution in [2.45, 2.75) is 20.0 Å². The summed E-state index contributed by atoms with van der Waals surface area (Å²) in [5, 5.41) is 0. The van der Waals surface area contributed by atoms with Gasteiger partial charge in [-0.2, -0.15) is 0 Å². The second-order valence-corrected chi connectivity index (χ2v) is 2.75. The van der Waals surface area contributed by atoms with Crippen molar-refractivity contribution in [3.05, 3.63) is 36.9 Å². The molecule has 14 heavy (non-hydrogen) atoms. The summed E-state index contributed by atoms with van der Waals surface area (Å²) < 4.78 is 10.0. The first-order valence-corrected chi connectivity index (χ1v) is 4.44. The largest absolute Gasteiger partial charge is 0.425 e. The van der Waals surface area contributed by atoms with Crippen molar-refractivity contribution in [1.82, 2.24) is 0 Å². The second kappa shape index (κ2) is 5.40. The van der Waals surface area contributed by atoms with Gasteiger partial charge in [-0.15, -0.1) is 0 Å². The molecule has 0 spiro atoms. The Kier molecular flexibility index (Phi) is 4.13. The minimum Gasteiger partial charge on any atom is -0.425 e. The van der Waals surface area contributed by atoms with Gasteiger partial charge >= 0.3 is 5.97 Å². The van der Waals surface area contributed by atoms with Gasteiger partial charge in [-0.05, 0) is 26.0 Å². The lowest BCUT2D eigenvalue weighted by Crippen LogP contribution is -2.24. The van der Waals surface area contributed by atoms with E-state index in [2.05, 4.69) is 0 Å². The van der Waals surface area contributed by atoms with Crippen LogP contribution in [0.4, 0.5) is 0 Å². The van der Waals surface area contributed by atoms with E-state index >= 15 is 0 Å². The summed E-state index contributed by atoms with van der Waals surface area (Å²) in [4.78, 5) is 11.3. The van der Waals surface area contributed by atoms with Crippen molar-refractivity contribution in [2.24, 2.45) is 0 Å². The third kappa shape index (κ3) is 3.18. The third-order valence-corrected chi connectivity index (χ3v) is 1.63. The topological polar surface area (TPSA) is 35.5 Å². The Balaban J connectivity index is 2.49. The van der Waals surface area contributed by atoms with E-state index in [9.17, 15) is 4.79 Å². The van der Waals surface area contributed by atoms with E-state index < -0.39 is 12.1 Å². The molecule has 1 atom stereocenters. The number of benzene rings is 1.